The van der Waals surface area contributed by atoms with Crippen LogP contribution in [-0.4, -0.2) is 19.3 Å². The quantitative estimate of drug-likeness (QED) is 0.715. The van der Waals surface area contributed by atoms with Crippen LogP contribution in [0.3, 0.4) is 0 Å². The van der Waals surface area contributed by atoms with E-state index in [0.29, 0.717) is 11.0 Å². The van der Waals surface area contributed by atoms with Gasteiger partial charge in [-0.15, -0.1) is 0 Å². The maximum Gasteiger partial charge on any atom is 0.206 e. The van der Waals surface area contributed by atoms with E-state index in [1.54, 1.807) is 16.9 Å². The highest BCUT2D eigenvalue weighted by Crippen LogP contribution is 2.24. The van der Waals surface area contributed by atoms with Crippen molar-refractivity contribution >= 4 is 28.6 Å². The van der Waals surface area contributed by atoms with Crippen molar-refractivity contribution < 1.29 is 0 Å². The van der Waals surface area contributed by atoms with Crippen molar-refractivity contribution in [2.75, 3.05) is 5.73 Å². The summed E-state index contributed by atoms with van der Waals surface area (Å²) in [5.74, 6) is 0.426. The molecule has 0 saturated heterocycles. The number of nitrogens with zero attached hydrogens (tertiary/aromatic N) is 4. The summed E-state index contributed by atoms with van der Waals surface area (Å²) in [6.45, 7) is 0. The van der Waals surface area contributed by atoms with Crippen LogP contribution in [0.15, 0.2) is 30.6 Å². The van der Waals surface area contributed by atoms with Crippen molar-refractivity contribution in [2.45, 2.75) is 0 Å². The third-order valence-electron chi connectivity index (χ3n) is 2.59. The van der Waals surface area contributed by atoms with Gasteiger partial charge >= 0.3 is 0 Å². The van der Waals surface area contributed by atoms with E-state index in [-0.39, 0.29) is 0 Å². The largest absolute Gasteiger partial charge is 0.369 e. The number of halogens is 1. The number of aromatic nitrogens is 4. The van der Waals surface area contributed by atoms with Gasteiger partial charge in [0.1, 0.15) is 0 Å². The van der Waals surface area contributed by atoms with E-state index < -0.39 is 0 Å². The molecule has 86 valence electrons. The first-order valence-electron chi connectivity index (χ1n) is 5.07. The summed E-state index contributed by atoms with van der Waals surface area (Å²) < 4.78 is 3.56. The molecule has 17 heavy (non-hydrogen) atoms. The number of imidazole rings is 1. The van der Waals surface area contributed by atoms with Gasteiger partial charge in [0.15, 0.2) is 0 Å². The third kappa shape index (κ3) is 1.55. The first-order chi connectivity index (χ1) is 8.15. The molecule has 0 amide bonds. The summed E-state index contributed by atoms with van der Waals surface area (Å²) in [6, 6.07) is 5.51. The van der Waals surface area contributed by atoms with Crippen molar-refractivity contribution in [3.05, 3.63) is 35.6 Å². The van der Waals surface area contributed by atoms with Gasteiger partial charge in [0.05, 0.1) is 22.9 Å². The standard InChI is InChI=1S/C11H10ClN5/c1-16-6-8(5-14-16)17-10-3-2-7(12)4-9(10)15-11(17)13/h2-6H,1H3,(H2,13,15). The Morgan fingerprint density at radius 1 is 1.35 bits per heavy atom. The number of anilines is 1. The SMILES string of the molecule is Cn1cc(-n2c(N)nc3cc(Cl)ccc32)cn1. The average Bonchev–Trinajstić information content (AvgIpc) is 2.80. The highest BCUT2D eigenvalue weighted by molar-refractivity contribution is 6.31. The number of nitrogen functional groups attached to an aromatic ring is 1. The van der Waals surface area contributed by atoms with Gasteiger partial charge in [-0.25, -0.2) is 4.98 Å². The number of hydrogen-bond acceptors (Lipinski definition) is 3. The lowest BCUT2D eigenvalue weighted by atomic mass is 10.3. The number of benzene rings is 1. The van der Waals surface area contributed by atoms with Gasteiger partial charge in [0, 0.05) is 18.3 Å². The lowest BCUT2D eigenvalue weighted by Gasteiger charge is -2.01. The van der Waals surface area contributed by atoms with Gasteiger partial charge < -0.3 is 5.73 Å². The summed E-state index contributed by atoms with van der Waals surface area (Å²) >= 11 is 5.92. The lowest BCUT2D eigenvalue weighted by Crippen LogP contribution is -1.99. The number of fused-ring (bicyclic) bond motifs is 1. The number of nitrogens with two attached hydrogens (primary N) is 1. The fourth-order valence-corrected chi connectivity index (χ4v) is 2.03. The van der Waals surface area contributed by atoms with E-state index >= 15 is 0 Å². The molecule has 1 aromatic carbocycles. The summed E-state index contributed by atoms with van der Waals surface area (Å²) in [5, 5.41) is 4.77. The molecule has 0 unspecified atom stereocenters. The highest BCUT2D eigenvalue weighted by Gasteiger charge is 2.11. The predicted molar refractivity (Wildman–Crippen MR) is 67.3 cm³/mol. The van der Waals surface area contributed by atoms with Crippen molar-refractivity contribution in [1.82, 2.24) is 19.3 Å². The molecule has 0 aliphatic rings. The third-order valence-corrected chi connectivity index (χ3v) is 2.83. The average molecular weight is 248 g/mol. The molecule has 2 heterocycles. The van der Waals surface area contributed by atoms with Gasteiger partial charge in [0.25, 0.3) is 0 Å². The molecule has 2 N–H and O–H groups in total. The van der Waals surface area contributed by atoms with Crippen molar-refractivity contribution in [1.29, 1.82) is 0 Å². The minimum Gasteiger partial charge on any atom is -0.369 e. The van der Waals surface area contributed by atoms with E-state index in [1.165, 1.54) is 0 Å². The van der Waals surface area contributed by atoms with E-state index in [9.17, 15) is 0 Å². The Labute approximate surface area is 102 Å². The normalized spacial score (nSPS) is 11.2. The summed E-state index contributed by atoms with van der Waals surface area (Å²) in [6.07, 6.45) is 3.62. The first-order valence-corrected chi connectivity index (χ1v) is 5.45. The van der Waals surface area contributed by atoms with Crippen LogP contribution in [0.4, 0.5) is 5.95 Å². The van der Waals surface area contributed by atoms with Gasteiger partial charge in [0.2, 0.25) is 5.95 Å². The molecule has 0 saturated carbocycles. The van der Waals surface area contributed by atoms with Crippen molar-refractivity contribution in [3.63, 3.8) is 0 Å². The van der Waals surface area contributed by atoms with E-state index in [2.05, 4.69) is 10.1 Å². The highest BCUT2D eigenvalue weighted by atomic mass is 35.5. The zero-order valence-corrected chi connectivity index (χ0v) is 9.89. The first kappa shape index (κ1) is 10.2. The molecule has 0 spiro atoms. The summed E-state index contributed by atoms with van der Waals surface area (Å²) in [7, 11) is 1.86. The topological polar surface area (TPSA) is 61.7 Å². The second-order valence-electron chi connectivity index (χ2n) is 3.81. The van der Waals surface area contributed by atoms with Crippen LogP contribution >= 0.6 is 11.6 Å². The molecule has 0 bridgehead atoms. The predicted octanol–water partition coefficient (Wildman–Crippen LogP) is 1.99. The Balaban J connectivity index is 2.32. The molecule has 0 aliphatic carbocycles. The Morgan fingerprint density at radius 2 is 2.18 bits per heavy atom. The van der Waals surface area contributed by atoms with E-state index in [4.69, 9.17) is 17.3 Å². The number of rotatable bonds is 1. The second-order valence-corrected chi connectivity index (χ2v) is 4.25. The van der Waals surface area contributed by atoms with Gasteiger partial charge in [-0.2, -0.15) is 5.10 Å². The van der Waals surface area contributed by atoms with Gasteiger partial charge in [-0.3, -0.25) is 9.25 Å². The second kappa shape index (κ2) is 3.49. The zero-order chi connectivity index (χ0) is 12.0. The molecule has 5 nitrogen and oxygen atoms in total. The smallest absolute Gasteiger partial charge is 0.206 e. The molecule has 3 rings (SSSR count). The maximum absolute atomic E-state index is 5.92. The molecule has 0 radical (unpaired) electrons. The minimum atomic E-state index is 0.426. The van der Waals surface area contributed by atoms with Gasteiger partial charge in [-0.1, -0.05) is 11.6 Å². The molecule has 2 aromatic heterocycles. The van der Waals surface area contributed by atoms with Crippen LogP contribution in [0.5, 0.6) is 0 Å². The Morgan fingerprint density at radius 3 is 2.88 bits per heavy atom. The van der Waals surface area contributed by atoms with Crippen molar-refractivity contribution in [3.8, 4) is 5.69 Å². The monoisotopic (exact) mass is 247 g/mol. The Kier molecular flexibility index (Phi) is 2.09. The number of hydrogen-bond donors (Lipinski definition) is 1. The number of aryl methyl sites for hydroxylation is 1. The fourth-order valence-electron chi connectivity index (χ4n) is 1.87. The zero-order valence-electron chi connectivity index (χ0n) is 9.13. The van der Waals surface area contributed by atoms with Gasteiger partial charge in [-0.05, 0) is 18.2 Å². The van der Waals surface area contributed by atoms with E-state index in [0.717, 1.165) is 16.7 Å². The van der Waals surface area contributed by atoms with Crippen LogP contribution in [0, 0.1) is 0 Å². The molecule has 6 heteroatoms. The molecule has 0 fully saturated rings. The van der Waals surface area contributed by atoms with Crippen LogP contribution in [-0.2, 0) is 7.05 Å². The van der Waals surface area contributed by atoms with Crippen molar-refractivity contribution in [2.24, 2.45) is 7.05 Å². The molecular formula is C11H10ClN5. The molecule has 0 aliphatic heterocycles. The van der Waals surface area contributed by atoms with Crippen LogP contribution < -0.4 is 5.73 Å². The maximum atomic E-state index is 5.92. The Hall–Kier alpha value is -2.01. The van der Waals surface area contributed by atoms with E-state index in [1.807, 2.05) is 29.9 Å². The van der Waals surface area contributed by atoms with Crippen LogP contribution in [0.2, 0.25) is 5.02 Å². The Bertz CT molecular complexity index is 697. The molecule has 0 atom stereocenters. The molecule has 3 aromatic rings. The molecular weight excluding hydrogens is 238 g/mol. The summed E-state index contributed by atoms with van der Waals surface area (Å²) in [5.41, 5.74) is 8.49. The summed E-state index contributed by atoms with van der Waals surface area (Å²) in [4.78, 5) is 4.28. The lowest BCUT2D eigenvalue weighted by molar-refractivity contribution is 0.767. The van der Waals surface area contributed by atoms with Crippen LogP contribution in [0.1, 0.15) is 0 Å². The van der Waals surface area contributed by atoms with Crippen LogP contribution in [0.25, 0.3) is 16.7 Å². The fraction of sp³-hybridized carbons (Fsp3) is 0.0909. The minimum absolute atomic E-state index is 0.426.